The highest BCUT2D eigenvalue weighted by Crippen LogP contribution is 2.26. The summed E-state index contributed by atoms with van der Waals surface area (Å²) in [6.07, 6.45) is 2.02. The molecule has 0 aromatic carbocycles. The van der Waals surface area contributed by atoms with Gasteiger partial charge in [0.1, 0.15) is 0 Å². The van der Waals surface area contributed by atoms with Crippen molar-refractivity contribution >= 4 is 9.52 Å². The fraction of sp³-hybridized carbons (Fsp3) is 0.818. The maximum Gasteiger partial charge on any atom is 0.389 e. The first kappa shape index (κ1) is 13.8. The molecule has 0 bridgehead atoms. The van der Waals surface area contributed by atoms with E-state index in [-0.39, 0.29) is 11.6 Å². The first-order valence-corrected chi connectivity index (χ1v) is 7.98. The maximum atomic E-state index is 11.9. The summed E-state index contributed by atoms with van der Waals surface area (Å²) in [5.74, 6) is 0. The van der Waals surface area contributed by atoms with E-state index in [0.29, 0.717) is 0 Å². The van der Waals surface area contributed by atoms with E-state index in [1.54, 1.807) is 6.08 Å². The summed E-state index contributed by atoms with van der Waals surface area (Å²) in [4.78, 5) is 0. The van der Waals surface area contributed by atoms with E-state index in [9.17, 15) is 13.2 Å². The number of hydrogen-bond acceptors (Lipinski definition) is 1. The molecule has 0 N–H and O–H groups in total. The summed E-state index contributed by atoms with van der Waals surface area (Å²) < 4.78 is 41.6. The van der Waals surface area contributed by atoms with E-state index < -0.39 is 22.1 Å². The normalized spacial score (nSPS) is 28.2. The quantitative estimate of drug-likeness (QED) is 0.552. The van der Waals surface area contributed by atoms with Crippen LogP contribution in [0.25, 0.3) is 0 Å². The molecule has 1 fully saturated rings. The molecule has 0 saturated carbocycles. The number of rotatable bonds is 4. The van der Waals surface area contributed by atoms with Gasteiger partial charge >= 0.3 is 6.18 Å². The molecule has 1 atom stereocenters. The van der Waals surface area contributed by atoms with Gasteiger partial charge in [0, 0.05) is 13.0 Å². The Kier molecular flexibility index (Phi) is 5.05. The lowest BCUT2D eigenvalue weighted by Gasteiger charge is -2.34. The molecule has 16 heavy (non-hydrogen) atoms. The topological polar surface area (TPSA) is 9.23 Å². The van der Waals surface area contributed by atoms with Crippen molar-refractivity contribution in [3.63, 3.8) is 0 Å². The molecular formula is C11H19F3OSi. The lowest BCUT2D eigenvalue weighted by molar-refractivity contribution is -0.133. The van der Waals surface area contributed by atoms with Crippen LogP contribution in [-0.4, -0.2) is 27.5 Å². The molecule has 0 spiro atoms. The Morgan fingerprint density at radius 3 is 2.62 bits per heavy atom. The third-order valence-corrected chi connectivity index (χ3v) is 4.99. The number of halogens is 3. The lowest BCUT2D eigenvalue weighted by atomic mass is 10.1. The highest BCUT2D eigenvalue weighted by Gasteiger charge is 2.29. The van der Waals surface area contributed by atoms with E-state index in [2.05, 4.69) is 6.55 Å². The Morgan fingerprint density at radius 1 is 1.38 bits per heavy atom. The van der Waals surface area contributed by atoms with Crippen LogP contribution in [0.2, 0.25) is 6.55 Å². The minimum Gasteiger partial charge on any atom is -0.375 e. The van der Waals surface area contributed by atoms with Crippen LogP contribution in [0.5, 0.6) is 0 Å². The molecule has 1 heterocycles. The van der Waals surface area contributed by atoms with Crippen LogP contribution >= 0.6 is 0 Å². The molecule has 0 amide bonds. The van der Waals surface area contributed by atoms with Gasteiger partial charge in [0.05, 0.1) is 14.7 Å². The average Bonchev–Trinajstić information content (AvgIpc) is 2.25. The monoisotopic (exact) mass is 252 g/mol. The molecular weight excluding hydrogens is 233 g/mol. The van der Waals surface area contributed by atoms with Crippen molar-refractivity contribution in [3.05, 3.63) is 12.2 Å². The first-order chi connectivity index (χ1) is 7.47. The second-order valence-corrected chi connectivity index (χ2v) is 6.18. The number of alkyl halides is 3. The summed E-state index contributed by atoms with van der Waals surface area (Å²) in [6, 6.07) is 0. The zero-order valence-corrected chi connectivity index (χ0v) is 11.1. The SMILES string of the molecule is C[SiH2]C1(C=CCCC(F)(F)F)CCCCO1. The van der Waals surface area contributed by atoms with Gasteiger partial charge in [0.2, 0.25) is 0 Å². The summed E-state index contributed by atoms with van der Waals surface area (Å²) in [6.45, 7) is 2.91. The summed E-state index contributed by atoms with van der Waals surface area (Å²) in [7, 11) is -0.391. The molecule has 1 nitrogen and oxygen atoms in total. The Hall–Kier alpha value is -0.293. The molecule has 0 aromatic heterocycles. The average molecular weight is 252 g/mol. The van der Waals surface area contributed by atoms with Crippen molar-refractivity contribution < 1.29 is 17.9 Å². The van der Waals surface area contributed by atoms with Crippen LogP contribution in [-0.2, 0) is 4.74 Å². The zero-order valence-electron chi connectivity index (χ0n) is 9.65. The standard InChI is InChI=1S/C11H19F3OSi/c1-16-10(7-4-5-9-15-10)6-2-3-8-11(12,13)14/h2,6H,3-5,7-9,16H2,1H3. The van der Waals surface area contributed by atoms with Crippen LogP contribution < -0.4 is 0 Å². The summed E-state index contributed by atoms with van der Waals surface area (Å²) in [5, 5.41) is -0.163. The molecule has 0 aliphatic carbocycles. The van der Waals surface area contributed by atoms with Crippen LogP contribution in [0.15, 0.2) is 12.2 Å². The molecule has 1 aliphatic rings. The molecule has 5 heteroatoms. The number of allylic oxidation sites excluding steroid dienone is 1. The van der Waals surface area contributed by atoms with Crippen molar-refractivity contribution in [2.45, 2.75) is 50.1 Å². The van der Waals surface area contributed by atoms with Crippen LogP contribution in [0.3, 0.4) is 0 Å². The van der Waals surface area contributed by atoms with Gasteiger partial charge in [-0.05, 0) is 25.7 Å². The molecule has 0 aromatic rings. The fourth-order valence-corrected chi connectivity index (χ4v) is 3.30. The largest absolute Gasteiger partial charge is 0.389 e. The van der Waals surface area contributed by atoms with Gasteiger partial charge in [-0.3, -0.25) is 0 Å². The molecule has 1 aliphatic heterocycles. The van der Waals surface area contributed by atoms with E-state index in [1.807, 2.05) is 6.08 Å². The second kappa shape index (κ2) is 5.86. The van der Waals surface area contributed by atoms with Gasteiger partial charge in [-0.1, -0.05) is 18.7 Å². The van der Waals surface area contributed by atoms with Gasteiger partial charge in [-0.15, -0.1) is 0 Å². The van der Waals surface area contributed by atoms with E-state index >= 15 is 0 Å². The highest BCUT2D eigenvalue weighted by atomic mass is 28.2. The Bertz CT molecular complexity index is 232. The maximum absolute atomic E-state index is 11.9. The third-order valence-electron chi connectivity index (χ3n) is 3.00. The van der Waals surface area contributed by atoms with E-state index in [0.717, 1.165) is 25.9 Å². The highest BCUT2D eigenvalue weighted by molar-refractivity contribution is 6.38. The molecule has 0 radical (unpaired) electrons. The first-order valence-electron chi connectivity index (χ1n) is 5.86. The van der Waals surface area contributed by atoms with Crippen molar-refractivity contribution in [1.29, 1.82) is 0 Å². The van der Waals surface area contributed by atoms with E-state index in [1.165, 1.54) is 0 Å². The smallest absolute Gasteiger partial charge is 0.375 e. The lowest BCUT2D eigenvalue weighted by Crippen LogP contribution is -2.39. The third kappa shape index (κ3) is 4.70. The van der Waals surface area contributed by atoms with Gasteiger partial charge in [0.25, 0.3) is 0 Å². The Labute approximate surface area is 96.9 Å². The predicted octanol–water partition coefficient (Wildman–Crippen LogP) is 3.00. The molecule has 1 rings (SSSR count). The predicted molar refractivity (Wildman–Crippen MR) is 61.4 cm³/mol. The van der Waals surface area contributed by atoms with Crippen molar-refractivity contribution in [2.75, 3.05) is 6.61 Å². The van der Waals surface area contributed by atoms with Gasteiger partial charge in [0.15, 0.2) is 0 Å². The number of hydrogen-bond donors (Lipinski definition) is 0. The van der Waals surface area contributed by atoms with E-state index in [4.69, 9.17) is 4.74 Å². The number of ether oxygens (including phenoxy) is 1. The van der Waals surface area contributed by atoms with Crippen molar-refractivity contribution in [3.8, 4) is 0 Å². The van der Waals surface area contributed by atoms with Crippen LogP contribution in [0.4, 0.5) is 13.2 Å². The van der Waals surface area contributed by atoms with Crippen molar-refractivity contribution in [1.82, 2.24) is 0 Å². The molecule has 1 unspecified atom stereocenters. The van der Waals surface area contributed by atoms with Gasteiger partial charge in [-0.2, -0.15) is 13.2 Å². The van der Waals surface area contributed by atoms with Gasteiger partial charge in [-0.25, -0.2) is 0 Å². The Balaban J connectivity index is 2.40. The van der Waals surface area contributed by atoms with Crippen molar-refractivity contribution in [2.24, 2.45) is 0 Å². The summed E-state index contributed by atoms with van der Waals surface area (Å²) in [5.41, 5.74) is 0. The fourth-order valence-electron chi connectivity index (χ4n) is 1.95. The minimum absolute atomic E-state index is 0.0724. The minimum atomic E-state index is -4.05. The Morgan fingerprint density at radius 2 is 2.12 bits per heavy atom. The van der Waals surface area contributed by atoms with Gasteiger partial charge < -0.3 is 4.74 Å². The molecule has 94 valence electrons. The summed E-state index contributed by atoms with van der Waals surface area (Å²) >= 11 is 0. The molecule has 1 saturated heterocycles. The zero-order chi connectivity index (χ0) is 12.1. The van der Waals surface area contributed by atoms with Crippen LogP contribution in [0, 0.1) is 0 Å². The second-order valence-electron chi connectivity index (χ2n) is 4.28. The van der Waals surface area contributed by atoms with Crippen LogP contribution in [0.1, 0.15) is 32.1 Å².